The fourth-order valence-corrected chi connectivity index (χ4v) is 1.64. The third kappa shape index (κ3) is 1.55. The maximum Gasteiger partial charge on any atom is 0.326 e. The van der Waals surface area contributed by atoms with Crippen molar-refractivity contribution in [1.82, 2.24) is 9.55 Å². The van der Waals surface area contributed by atoms with Gasteiger partial charge in [-0.1, -0.05) is 0 Å². The lowest BCUT2D eigenvalue weighted by atomic mass is 10.2. The van der Waals surface area contributed by atoms with E-state index in [1.807, 2.05) is 6.92 Å². The number of H-pyrrole nitrogens is 1. The first-order valence-electron chi connectivity index (χ1n) is 4.73. The molecule has 0 spiro atoms. The Hall–Kier alpha value is -1.62. The summed E-state index contributed by atoms with van der Waals surface area (Å²) in [5.74, 6) is -0.362. The van der Waals surface area contributed by atoms with Gasteiger partial charge in [0.15, 0.2) is 0 Å². The summed E-state index contributed by atoms with van der Waals surface area (Å²) in [6.07, 6.45) is 0. The van der Waals surface area contributed by atoms with Crippen LogP contribution < -0.4 is 11.4 Å². The van der Waals surface area contributed by atoms with Crippen molar-refractivity contribution in [2.75, 3.05) is 6.54 Å². The summed E-state index contributed by atoms with van der Waals surface area (Å²) in [6, 6.07) is 4.05. The highest BCUT2D eigenvalue weighted by Crippen LogP contribution is 2.15. The standard InChI is InChI=1S/C10H12FN3O/c1-6(5-12)14-9-4-7(11)2-3-8(9)13-10(14)15/h2-4,6H,5,12H2,1H3,(H,13,15). The van der Waals surface area contributed by atoms with Gasteiger partial charge in [-0.2, -0.15) is 0 Å². The van der Waals surface area contributed by atoms with Gasteiger partial charge in [0.2, 0.25) is 0 Å². The lowest BCUT2D eigenvalue weighted by molar-refractivity contribution is 0.555. The minimum Gasteiger partial charge on any atom is -0.328 e. The van der Waals surface area contributed by atoms with E-state index < -0.39 is 0 Å². The number of nitrogens with two attached hydrogens (primary N) is 1. The number of halogens is 1. The van der Waals surface area contributed by atoms with Crippen LogP contribution in [-0.2, 0) is 0 Å². The highest BCUT2D eigenvalue weighted by molar-refractivity contribution is 5.75. The molecule has 0 aliphatic rings. The quantitative estimate of drug-likeness (QED) is 0.774. The predicted molar refractivity (Wildman–Crippen MR) is 56.3 cm³/mol. The smallest absolute Gasteiger partial charge is 0.326 e. The Morgan fingerprint density at radius 3 is 3.00 bits per heavy atom. The number of fused-ring (bicyclic) bond motifs is 1. The van der Waals surface area contributed by atoms with Crippen molar-refractivity contribution in [3.05, 3.63) is 34.5 Å². The molecule has 15 heavy (non-hydrogen) atoms. The molecular formula is C10H12FN3O. The van der Waals surface area contributed by atoms with Crippen molar-refractivity contribution in [2.45, 2.75) is 13.0 Å². The summed E-state index contributed by atoms with van der Waals surface area (Å²) < 4.78 is 14.5. The van der Waals surface area contributed by atoms with Crippen LogP contribution in [0.4, 0.5) is 4.39 Å². The number of nitrogens with zero attached hydrogens (tertiary/aromatic N) is 1. The van der Waals surface area contributed by atoms with Crippen molar-refractivity contribution < 1.29 is 4.39 Å². The molecule has 4 nitrogen and oxygen atoms in total. The molecule has 0 radical (unpaired) electrons. The van der Waals surface area contributed by atoms with Gasteiger partial charge >= 0.3 is 5.69 Å². The number of aromatic amines is 1. The summed E-state index contributed by atoms with van der Waals surface area (Å²) in [5, 5.41) is 0. The molecule has 0 saturated heterocycles. The summed E-state index contributed by atoms with van der Waals surface area (Å²) in [7, 11) is 0. The van der Waals surface area contributed by atoms with E-state index in [0.717, 1.165) is 0 Å². The molecule has 80 valence electrons. The molecule has 0 fully saturated rings. The van der Waals surface area contributed by atoms with E-state index in [9.17, 15) is 9.18 Å². The predicted octanol–water partition coefficient (Wildman–Crippen LogP) is 0.988. The number of rotatable bonds is 2. The second kappa shape index (κ2) is 3.51. The molecule has 1 aromatic heterocycles. The molecule has 0 amide bonds. The Kier molecular flexibility index (Phi) is 2.32. The van der Waals surface area contributed by atoms with E-state index in [1.54, 1.807) is 6.07 Å². The lowest BCUT2D eigenvalue weighted by Gasteiger charge is -2.09. The second-order valence-corrected chi connectivity index (χ2v) is 3.55. The molecule has 0 aliphatic heterocycles. The van der Waals surface area contributed by atoms with E-state index in [2.05, 4.69) is 4.98 Å². The first-order valence-corrected chi connectivity index (χ1v) is 4.73. The first-order chi connectivity index (χ1) is 7.13. The SMILES string of the molecule is CC(CN)n1c(=O)[nH]c2ccc(F)cc21. The molecule has 1 atom stereocenters. The van der Waals surface area contributed by atoms with Gasteiger partial charge in [0, 0.05) is 12.6 Å². The van der Waals surface area contributed by atoms with Gasteiger partial charge in [0.1, 0.15) is 5.82 Å². The molecule has 1 unspecified atom stereocenters. The minimum atomic E-state index is -0.362. The van der Waals surface area contributed by atoms with Crippen molar-refractivity contribution in [1.29, 1.82) is 0 Å². The van der Waals surface area contributed by atoms with Crippen molar-refractivity contribution in [2.24, 2.45) is 5.73 Å². The van der Waals surface area contributed by atoms with Crippen LogP contribution in [0, 0.1) is 5.82 Å². The number of hydrogen-bond donors (Lipinski definition) is 2. The first kappa shape index (κ1) is 9.92. The molecule has 0 bridgehead atoms. The fourth-order valence-electron chi connectivity index (χ4n) is 1.64. The third-order valence-corrected chi connectivity index (χ3v) is 2.46. The van der Waals surface area contributed by atoms with Gasteiger partial charge in [0.05, 0.1) is 11.0 Å². The molecule has 0 aliphatic carbocycles. The zero-order chi connectivity index (χ0) is 11.0. The Morgan fingerprint density at radius 1 is 1.60 bits per heavy atom. The van der Waals surface area contributed by atoms with E-state index >= 15 is 0 Å². The monoisotopic (exact) mass is 209 g/mol. The summed E-state index contributed by atoms with van der Waals surface area (Å²) >= 11 is 0. The Labute approximate surface area is 85.5 Å². The van der Waals surface area contributed by atoms with Gasteiger partial charge in [-0.3, -0.25) is 4.57 Å². The highest BCUT2D eigenvalue weighted by atomic mass is 19.1. The molecule has 1 aromatic carbocycles. The third-order valence-electron chi connectivity index (χ3n) is 2.46. The maximum atomic E-state index is 13.0. The number of nitrogens with one attached hydrogen (secondary N) is 1. The van der Waals surface area contributed by atoms with E-state index in [4.69, 9.17) is 5.73 Å². The Bertz CT molecular complexity index is 543. The average Bonchev–Trinajstić information content (AvgIpc) is 2.52. The number of benzene rings is 1. The number of aromatic nitrogens is 2. The zero-order valence-electron chi connectivity index (χ0n) is 8.33. The molecule has 2 aromatic rings. The molecule has 1 heterocycles. The molecule has 3 N–H and O–H groups in total. The molecule has 2 rings (SSSR count). The van der Waals surface area contributed by atoms with Crippen molar-refractivity contribution >= 4 is 11.0 Å². The summed E-state index contributed by atoms with van der Waals surface area (Å²) in [4.78, 5) is 14.2. The van der Waals surface area contributed by atoms with Crippen molar-refractivity contribution in [3.8, 4) is 0 Å². The second-order valence-electron chi connectivity index (χ2n) is 3.55. The van der Waals surface area contributed by atoms with Crippen LogP contribution in [0.15, 0.2) is 23.0 Å². The highest BCUT2D eigenvalue weighted by Gasteiger charge is 2.11. The largest absolute Gasteiger partial charge is 0.328 e. The topological polar surface area (TPSA) is 63.8 Å². The van der Waals surface area contributed by atoms with E-state index in [-0.39, 0.29) is 17.5 Å². The normalized spacial score (nSPS) is 13.3. The van der Waals surface area contributed by atoms with Crippen LogP contribution in [0.25, 0.3) is 11.0 Å². The van der Waals surface area contributed by atoms with Crippen LogP contribution in [-0.4, -0.2) is 16.1 Å². The van der Waals surface area contributed by atoms with E-state index in [0.29, 0.717) is 17.6 Å². The van der Waals surface area contributed by atoms with Crippen LogP contribution in [0.5, 0.6) is 0 Å². The van der Waals surface area contributed by atoms with Crippen LogP contribution in [0.3, 0.4) is 0 Å². The van der Waals surface area contributed by atoms with Gasteiger partial charge in [0.25, 0.3) is 0 Å². The number of hydrogen-bond acceptors (Lipinski definition) is 2. The summed E-state index contributed by atoms with van der Waals surface area (Å²) in [6.45, 7) is 2.16. The van der Waals surface area contributed by atoms with Gasteiger partial charge < -0.3 is 10.7 Å². The molecule has 5 heteroatoms. The molecular weight excluding hydrogens is 197 g/mol. The summed E-state index contributed by atoms with van der Waals surface area (Å²) in [5.41, 5.74) is 6.42. The van der Waals surface area contributed by atoms with Crippen molar-refractivity contribution in [3.63, 3.8) is 0 Å². The van der Waals surface area contributed by atoms with Crippen LogP contribution >= 0.6 is 0 Å². The van der Waals surface area contributed by atoms with Gasteiger partial charge in [-0.25, -0.2) is 9.18 Å². The number of imidazole rings is 1. The molecule has 0 saturated carbocycles. The lowest BCUT2D eigenvalue weighted by Crippen LogP contribution is -2.25. The Morgan fingerprint density at radius 2 is 2.33 bits per heavy atom. The zero-order valence-corrected chi connectivity index (χ0v) is 8.33. The van der Waals surface area contributed by atoms with Gasteiger partial charge in [-0.05, 0) is 25.1 Å². The average molecular weight is 209 g/mol. The van der Waals surface area contributed by atoms with E-state index in [1.165, 1.54) is 16.7 Å². The fraction of sp³-hybridized carbons (Fsp3) is 0.300. The minimum absolute atomic E-state index is 0.145. The van der Waals surface area contributed by atoms with Crippen LogP contribution in [0.1, 0.15) is 13.0 Å². The maximum absolute atomic E-state index is 13.0. The van der Waals surface area contributed by atoms with Gasteiger partial charge in [-0.15, -0.1) is 0 Å². The van der Waals surface area contributed by atoms with Crippen LogP contribution in [0.2, 0.25) is 0 Å². The Balaban J connectivity index is 2.76.